The third kappa shape index (κ3) is 4.96. The number of methoxy groups -OCH3 is 1. The molecule has 5 heteroatoms. The van der Waals surface area contributed by atoms with Gasteiger partial charge in [-0.1, -0.05) is 12.1 Å². The molecule has 0 fully saturated rings. The van der Waals surface area contributed by atoms with Crippen LogP contribution in [0.5, 0.6) is 11.5 Å². The zero-order chi connectivity index (χ0) is 19.1. The van der Waals surface area contributed by atoms with Crippen LogP contribution < -0.4 is 9.47 Å². The fourth-order valence-corrected chi connectivity index (χ4v) is 2.47. The molecule has 26 heavy (non-hydrogen) atoms. The first-order valence-electron chi connectivity index (χ1n) is 8.22. The van der Waals surface area contributed by atoms with Crippen LogP contribution in [0.1, 0.15) is 22.3 Å². The summed E-state index contributed by atoms with van der Waals surface area (Å²) in [5.41, 5.74) is 4.89. The fourth-order valence-electron chi connectivity index (χ4n) is 2.47. The van der Waals surface area contributed by atoms with Gasteiger partial charge >= 0.3 is 5.97 Å². The molecule has 0 aliphatic heterocycles. The van der Waals surface area contributed by atoms with Gasteiger partial charge in [0, 0.05) is 11.8 Å². The number of hydrogen-bond acceptors (Lipinski definition) is 4. The SMILES string of the molecule is C=CCc1cc(C=Nc2ccc(C)c(C)c2)cc(OC)c1OCC(=O)O. The third-order valence-electron chi connectivity index (χ3n) is 3.93. The standard InChI is InChI=1S/C21H23NO4/c1-5-6-17-10-16(11-19(25-4)21(17)26-13-20(23)24)12-22-18-8-7-14(2)15(3)9-18/h5,7-12H,1,6,13H2,2-4H3,(H,23,24). The average molecular weight is 353 g/mol. The number of carboxylic acids is 1. The summed E-state index contributed by atoms with van der Waals surface area (Å²) in [6, 6.07) is 9.69. The second-order valence-electron chi connectivity index (χ2n) is 5.91. The van der Waals surface area contributed by atoms with E-state index in [2.05, 4.69) is 18.5 Å². The highest BCUT2D eigenvalue weighted by Gasteiger charge is 2.13. The van der Waals surface area contributed by atoms with Crippen LogP contribution in [0, 0.1) is 13.8 Å². The van der Waals surface area contributed by atoms with E-state index in [1.165, 1.54) is 18.2 Å². The van der Waals surface area contributed by atoms with Crippen LogP contribution in [0.3, 0.4) is 0 Å². The zero-order valence-corrected chi connectivity index (χ0v) is 15.3. The van der Waals surface area contributed by atoms with Crippen molar-refractivity contribution in [1.29, 1.82) is 0 Å². The minimum atomic E-state index is -1.04. The van der Waals surface area contributed by atoms with Crippen molar-refractivity contribution in [2.75, 3.05) is 13.7 Å². The molecular weight excluding hydrogens is 330 g/mol. The highest BCUT2D eigenvalue weighted by molar-refractivity contribution is 5.84. The largest absolute Gasteiger partial charge is 0.493 e. The molecule has 0 atom stereocenters. The van der Waals surface area contributed by atoms with Crippen LogP contribution in [0.2, 0.25) is 0 Å². The third-order valence-corrected chi connectivity index (χ3v) is 3.93. The quantitative estimate of drug-likeness (QED) is 0.569. The summed E-state index contributed by atoms with van der Waals surface area (Å²) < 4.78 is 10.8. The topological polar surface area (TPSA) is 68.1 Å². The lowest BCUT2D eigenvalue weighted by Gasteiger charge is -2.14. The second kappa shape index (κ2) is 8.85. The van der Waals surface area contributed by atoms with E-state index in [0.29, 0.717) is 17.9 Å². The molecule has 0 saturated heterocycles. The van der Waals surface area contributed by atoms with Crippen molar-refractivity contribution in [2.24, 2.45) is 4.99 Å². The number of allylic oxidation sites excluding steroid dienone is 1. The number of hydrogen-bond donors (Lipinski definition) is 1. The Hall–Kier alpha value is -3.08. The molecule has 0 spiro atoms. The first kappa shape index (κ1) is 19.2. The number of ether oxygens (including phenoxy) is 2. The number of aliphatic carboxylic acids is 1. The summed E-state index contributed by atoms with van der Waals surface area (Å²) in [6.07, 6.45) is 4.00. The molecule has 0 aromatic heterocycles. The lowest BCUT2D eigenvalue weighted by Crippen LogP contribution is -2.11. The number of carbonyl (C=O) groups is 1. The predicted molar refractivity (Wildman–Crippen MR) is 103 cm³/mol. The van der Waals surface area contributed by atoms with E-state index in [4.69, 9.17) is 14.6 Å². The number of carboxylic acid groups (broad SMARTS) is 1. The Balaban J connectivity index is 2.37. The van der Waals surface area contributed by atoms with Gasteiger partial charge in [-0.2, -0.15) is 0 Å². The number of benzene rings is 2. The highest BCUT2D eigenvalue weighted by Crippen LogP contribution is 2.33. The zero-order valence-electron chi connectivity index (χ0n) is 15.3. The van der Waals surface area contributed by atoms with Gasteiger partial charge in [-0.3, -0.25) is 4.99 Å². The number of rotatable bonds is 8. The molecule has 2 rings (SSSR count). The Morgan fingerprint density at radius 3 is 2.62 bits per heavy atom. The van der Waals surface area contributed by atoms with Crippen molar-refractivity contribution in [3.8, 4) is 11.5 Å². The minimum absolute atomic E-state index is 0.415. The van der Waals surface area contributed by atoms with Crippen molar-refractivity contribution >= 4 is 17.9 Å². The molecular formula is C21H23NO4. The van der Waals surface area contributed by atoms with E-state index in [0.717, 1.165) is 16.8 Å². The van der Waals surface area contributed by atoms with Crippen LogP contribution in [0.25, 0.3) is 0 Å². The van der Waals surface area contributed by atoms with Crippen LogP contribution in [-0.2, 0) is 11.2 Å². The molecule has 1 N–H and O–H groups in total. The molecule has 2 aromatic carbocycles. The van der Waals surface area contributed by atoms with Gasteiger partial charge in [0.05, 0.1) is 12.8 Å². The van der Waals surface area contributed by atoms with Gasteiger partial charge in [0.2, 0.25) is 0 Å². The van der Waals surface area contributed by atoms with Gasteiger partial charge in [-0.25, -0.2) is 4.79 Å². The van der Waals surface area contributed by atoms with Crippen LogP contribution in [-0.4, -0.2) is 31.0 Å². The highest BCUT2D eigenvalue weighted by atomic mass is 16.5. The second-order valence-corrected chi connectivity index (χ2v) is 5.91. The summed E-state index contributed by atoms with van der Waals surface area (Å²) >= 11 is 0. The maximum Gasteiger partial charge on any atom is 0.341 e. The molecule has 0 unspecified atom stereocenters. The summed E-state index contributed by atoms with van der Waals surface area (Å²) in [6.45, 7) is 7.42. The van der Waals surface area contributed by atoms with E-state index >= 15 is 0 Å². The smallest absolute Gasteiger partial charge is 0.341 e. The maximum absolute atomic E-state index is 10.8. The Bertz CT molecular complexity index is 840. The van der Waals surface area contributed by atoms with Crippen molar-refractivity contribution in [2.45, 2.75) is 20.3 Å². The van der Waals surface area contributed by atoms with Crippen molar-refractivity contribution < 1.29 is 19.4 Å². The van der Waals surface area contributed by atoms with Crippen LogP contribution in [0.15, 0.2) is 48.0 Å². The monoisotopic (exact) mass is 353 g/mol. The van der Waals surface area contributed by atoms with E-state index < -0.39 is 12.6 Å². The van der Waals surface area contributed by atoms with E-state index in [9.17, 15) is 4.79 Å². The predicted octanol–water partition coefficient (Wildman–Crippen LogP) is 4.25. The van der Waals surface area contributed by atoms with Crippen molar-refractivity contribution in [3.05, 3.63) is 65.2 Å². The van der Waals surface area contributed by atoms with Crippen molar-refractivity contribution in [1.82, 2.24) is 0 Å². The van der Waals surface area contributed by atoms with Gasteiger partial charge in [-0.05, 0) is 61.2 Å². The molecule has 0 radical (unpaired) electrons. The molecule has 0 aliphatic rings. The van der Waals surface area contributed by atoms with Gasteiger partial charge < -0.3 is 14.6 Å². The first-order chi connectivity index (χ1) is 12.4. The minimum Gasteiger partial charge on any atom is -0.493 e. The lowest BCUT2D eigenvalue weighted by molar-refractivity contribution is -0.139. The van der Waals surface area contributed by atoms with E-state index in [1.807, 2.05) is 31.2 Å². The number of aryl methyl sites for hydroxylation is 2. The Labute approximate surface area is 153 Å². The molecule has 0 amide bonds. The molecule has 0 aliphatic carbocycles. The summed E-state index contributed by atoms with van der Waals surface area (Å²) in [5, 5.41) is 8.86. The molecule has 136 valence electrons. The van der Waals surface area contributed by atoms with Crippen molar-refractivity contribution in [3.63, 3.8) is 0 Å². The normalized spacial score (nSPS) is 10.7. The molecule has 2 aromatic rings. The summed E-state index contributed by atoms with van der Waals surface area (Å²) in [4.78, 5) is 15.3. The lowest BCUT2D eigenvalue weighted by atomic mass is 10.1. The maximum atomic E-state index is 10.8. The average Bonchev–Trinajstić information content (AvgIpc) is 2.61. The van der Waals surface area contributed by atoms with Gasteiger partial charge in [0.1, 0.15) is 0 Å². The first-order valence-corrected chi connectivity index (χ1v) is 8.22. The molecule has 0 bridgehead atoms. The Morgan fingerprint density at radius 2 is 2.00 bits per heavy atom. The number of nitrogens with zero attached hydrogens (tertiary/aromatic N) is 1. The number of aliphatic imine (C=N–C) groups is 1. The van der Waals surface area contributed by atoms with Crippen LogP contribution in [0.4, 0.5) is 5.69 Å². The van der Waals surface area contributed by atoms with E-state index in [-0.39, 0.29) is 0 Å². The Kier molecular flexibility index (Phi) is 6.55. The fraction of sp³-hybridized carbons (Fsp3) is 0.238. The molecule has 5 nitrogen and oxygen atoms in total. The van der Waals surface area contributed by atoms with Crippen LogP contribution >= 0.6 is 0 Å². The summed E-state index contributed by atoms with van der Waals surface area (Å²) in [5.74, 6) is -0.165. The molecule has 0 heterocycles. The van der Waals surface area contributed by atoms with Gasteiger partial charge in [0.15, 0.2) is 18.1 Å². The van der Waals surface area contributed by atoms with E-state index in [1.54, 1.807) is 18.4 Å². The van der Waals surface area contributed by atoms with Gasteiger partial charge in [0.25, 0.3) is 0 Å². The van der Waals surface area contributed by atoms with Gasteiger partial charge in [-0.15, -0.1) is 6.58 Å². The molecule has 0 saturated carbocycles. The Morgan fingerprint density at radius 1 is 1.23 bits per heavy atom. The summed E-state index contributed by atoms with van der Waals surface area (Å²) in [7, 11) is 1.52.